The predicted octanol–water partition coefficient (Wildman–Crippen LogP) is 3.77. The SMILES string of the molecule is O=C(Nc1ccc(F)c(Br)c1)c1cccc(S(=O)(=O)Cl)c1. The van der Waals surface area contributed by atoms with E-state index in [0.717, 1.165) is 6.07 Å². The standard InChI is InChI=1S/C13H8BrClFNO3S/c14-11-7-9(4-5-12(11)16)17-13(18)8-2-1-3-10(6-8)21(15,19)20/h1-7H,(H,17,18). The van der Waals surface area contributed by atoms with Crippen LogP contribution in [-0.4, -0.2) is 14.3 Å². The molecule has 0 radical (unpaired) electrons. The summed E-state index contributed by atoms with van der Waals surface area (Å²) in [6.07, 6.45) is 0. The lowest BCUT2D eigenvalue weighted by molar-refractivity contribution is 0.102. The summed E-state index contributed by atoms with van der Waals surface area (Å²) in [6, 6.07) is 9.28. The van der Waals surface area contributed by atoms with Crippen LogP contribution < -0.4 is 5.32 Å². The number of hydrogen-bond donors (Lipinski definition) is 1. The van der Waals surface area contributed by atoms with Crippen molar-refractivity contribution in [3.63, 3.8) is 0 Å². The third kappa shape index (κ3) is 4.03. The zero-order chi connectivity index (χ0) is 15.6. The van der Waals surface area contributed by atoms with Crippen LogP contribution in [-0.2, 0) is 9.05 Å². The van der Waals surface area contributed by atoms with Gasteiger partial charge < -0.3 is 5.32 Å². The summed E-state index contributed by atoms with van der Waals surface area (Å²) < 4.78 is 35.8. The molecule has 0 spiro atoms. The first-order chi connectivity index (χ1) is 9.77. The van der Waals surface area contributed by atoms with Crippen molar-refractivity contribution >= 4 is 47.3 Å². The van der Waals surface area contributed by atoms with Gasteiger partial charge in [0.1, 0.15) is 5.82 Å². The summed E-state index contributed by atoms with van der Waals surface area (Å²) in [5.41, 5.74) is 0.490. The number of nitrogens with one attached hydrogen (secondary N) is 1. The Balaban J connectivity index is 2.26. The normalized spacial score (nSPS) is 11.2. The Bertz CT molecular complexity index is 811. The molecule has 4 nitrogen and oxygen atoms in total. The van der Waals surface area contributed by atoms with Gasteiger partial charge in [-0.3, -0.25) is 4.79 Å². The molecule has 2 aromatic carbocycles. The maximum Gasteiger partial charge on any atom is 0.261 e. The van der Waals surface area contributed by atoms with E-state index < -0.39 is 20.8 Å². The van der Waals surface area contributed by atoms with Gasteiger partial charge in [0.05, 0.1) is 9.37 Å². The van der Waals surface area contributed by atoms with Gasteiger partial charge in [-0.2, -0.15) is 0 Å². The summed E-state index contributed by atoms with van der Waals surface area (Å²) in [7, 11) is 1.32. The smallest absolute Gasteiger partial charge is 0.261 e. The maximum absolute atomic E-state index is 13.1. The molecule has 0 aromatic heterocycles. The molecule has 0 unspecified atom stereocenters. The minimum Gasteiger partial charge on any atom is -0.322 e. The Kier molecular flexibility index (Phi) is 4.65. The van der Waals surface area contributed by atoms with E-state index in [1.165, 1.54) is 36.4 Å². The van der Waals surface area contributed by atoms with Crippen molar-refractivity contribution in [2.24, 2.45) is 0 Å². The number of hydrogen-bond acceptors (Lipinski definition) is 3. The second-order valence-electron chi connectivity index (χ2n) is 4.05. The van der Waals surface area contributed by atoms with E-state index in [-0.39, 0.29) is 14.9 Å². The largest absolute Gasteiger partial charge is 0.322 e. The van der Waals surface area contributed by atoms with Gasteiger partial charge in [0.2, 0.25) is 0 Å². The van der Waals surface area contributed by atoms with Gasteiger partial charge in [-0.05, 0) is 52.3 Å². The van der Waals surface area contributed by atoms with Crippen molar-refractivity contribution in [3.05, 3.63) is 58.3 Å². The number of amides is 1. The molecule has 2 rings (SSSR count). The van der Waals surface area contributed by atoms with Crippen LogP contribution in [0.2, 0.25) is 0 Å². The molecule has 1 N–H and O–H groups in total. The highest BCUT2D eigenvalue weighted by Crippen LogP contribution is 2.21. The van der Waals surface area contributed by atoms with Gasteiger partial charge in [-0.1, -0.05) is 6.07 Å². The van der Waals surface area contributed by atoms with Gasteiger partial charge in [0.25, 0.3) is 15.0 Å². The topological polar surface area (TPSA) is 63.2 Å². The first-order valence-corrected chi connectivity index (χ1v) is 8.69. The van der Waals surface area contributed by atoms with Crippen molar-refractivity contribution in [2.75, 3.05) is 5.32 Å². The van der Waals surface area contributed by atoms with Crippen LogP contribution in [0.1, 0.15) is 10.4 Å². The van der Waals surface area contributed by atoms with Crippen LogP contribution >= 0.6 is 26.6 Å². The van der Waals surface area contributed by atoms with Crippen LogP contribution in [0.4, 0.5) is 10.1 Å². The zero-order valence-corrected chi connectivity index (χ0v) is 13.5. The third-order valence-corrected chi connectivity index (χ3v) is 4.51. The molecule has 0 aliphatic carbocycles. The Hall–Kier alpha value is -1.44. The summed E-state index contributed by atoms with van der Waals surface area (Å²) in [6.45, 7) is 0. The van der Waals surface area contributed by atoms with Crippen LogP contribution in [0, 0.1) is 5.82 Å². The first kappa shape index (κ1) is 15.9. The average molecular weight is 393 g/mol. The highest BCUT2D eigenvalue weighted by molar-refractivity contribution is 9.10. The molecular weight excluding hydrogens is 385 g/mol. The molecule has 2 aromatic rings. The number of anilines is 1. The molecule has 0 aliphatic heterocycles. The van der Waals surface area contributed by atoms with Gasteiger partial charge >= 0.3 is 0 Å². The van der Waals surface area contributed by atoms with Gasteiger partial charge in [-0.15, -0.1) is 0 Å². The van der Waals surface area contributed by atoms with Crippen LogP contribution in [0.5, 0.6) is 0 Å². The molecule has 110 valence electrons. The molecule has 1 amide bonds. The zero-order valence-electron chi connectivity index (χ0n) is 10.3. The predicted molar refractivity (Wildman–Crippen MR) is 81.5 cm³/mol. The summed E-state index contributed by atoms with van der Waals surface area (Å²) in [5.74, 6) is -0.987. The molecule has 0 atom stereocenters. The maximum atomic E-state index is 13.1. The van der Waals surface area contributed by atoms with E-state index in [9.17, 15) is 17.6 Å². The molecule has 0 saturated heterocycles. The minimum absolute atomic E-state index is 0.122. The fourth-order valence-corrected chi connectivity index (χ4v) is 2.74. The van der Waals surface area contributed by atoms with Crippen molar-refractivity contribution in [1.29, 1.82) is 0 Å². The van der Waals surface area contributed by atoms with Crippen LogP contribution in [0.3, 0.4) is 0 Å². The van der Waals surface area contributed by atoms with E-state index in [4.69, 9.17) is 10.7 Å². The van der Waals surface area contributed by atoms with E-state index in [0.29, 0.717) is 5.69 Å². The summed E-state index contributed by atoms with van der Waals surface area (Å²) in [5, 5.41) is 2.53. The molecule has 0 saturated carbocycles. The van der Waals surface area contributed by atoms with E-state index in [2.05, 4.69) is 21.2 Å². The van der Waals surface area contributed by atoms with Crippen molar-refractivity contribution in [1.82, 2.24) is 0 Å². The van der Waals surface area contributed by atoms with Crippen LogP contribution in [0.15, 0.2) is 51.8 Å². The van der Waals surface area contributed by atoms with Crippen molar-refractivity contribution in [2.45, 2.75) is 4.90 Å². The number of carbonyl (C=O) groups is 1. The Morgan fingerprint density at radius 1 is 1.19 bits per heavy atom. The first-order valence-electron chi connectivity index (χ1n) is 5.58. The molecule has 0 fully saturated rings. The van der Waals surface area contributed by atoms with Crippen molar-refractivity contribution < 1.29 is 17.6 Å². The van der Waals surface area contributed by atoms with Crippen LogP contribution in [0.25, 0.3) is 0 Å². The van der Waals surface area contributed by atoms with Gasteiger partial charge in [0.15, 0.2) is 0 Å². The fraction of sp³-hybridized carbons (Fsp3) is 0. The summed E-state index contributed by atoms with van der Waals surface area (Å²) >= 11 is 3.01. The quantitative estimate of drug-likeness (QED) is 0.809. The van der Waals surface area contributed by atoms with E-state index >= 15 is 0 Å². The Morgan fingerprint density at radius 3 is 2.52 bits per heavy atom. The second-order valence-corrected chi connectivity index (χ2v) is 7.47. The monoisotopic (exact) mass is 391 g/mol. The molecular formula is C13H8BrClFNO3S. The van der Waals surface area contributed by atoms with Gasteiger partial charge in [0, 0.05) is 21.9 Å². The Morgan fingerprint density at radius 2 is 1.90 bits per heavy atom. The lowest BCUT2D eigenvalue weighted by atomic mass is 10.2. The number of carbonyl (C=O) groups excluding carboxylic acids is 1. The molecule has 21 heavy (non-hydrogen) atoms. The summed E-state index contributed by atoms with van der Waals surface area (Å²) in [4.78, 5) is 11.9. The number of rotatable bonds is 3. The fourth-order valence-electron chi connectivity index (χ4n) is 1.57. The molecule has 0 bridgehead atoms. The highest BCUT2D eigenvalue weighted by atomic mass is 79.9. The lowest BCUT2D eigenvalue weighted by Gasteiger charge is -2.07. The average Bonchev–Trinajstić information content (AvgIpc) is 2.42. The van der Waals surface area contributed by atoms with E-state index in [1.54, 1.807) is 0 Å². The molecule has 0 heterocycles. The van der Waals surface area contributed by atoms with Gasteiger partial charge in [-0.25, -0.2) is 12.8 Å². The number of benzene rings is 2. The molecule has 0 aliphatic rings. The Labute approximate surface area is 133 Å². The molecule has 8 heteroatoms. The third-order valence-electron chi connectivity index (χ3n) is 2.56. The lowest BCUT2D eigenvalue weighted by Crippen LogP contribution is -2.12. The van der Waals surface area contributed by atoms with E-state index in [1.807, 2.05) is 0 Å². The highest BCUT2D eigenvalue weighted by Gasteiger charge is 2.13. The second kappa shape index (κ2) is 6.13. The van der Waals surface area contributed by atoms with Crippen molar-refractivity contribution in [3.8, 4) is 0 Å². The number of halogens is 3. The minimum atomic E-state index is -3.91.